The van der Waals surface area contributed by atoms with Gasteiger partial charge in [0.1, 0.15) is 5.75 Å². The third kappa shape index (κ3) is 3.87. The monoisotopic (exact) mass is 467 g/mol. The van der Waals surface area contributed by atoms with Crippen LogP contribution in [0, 0.1) is 24.4 Å². The Kier molecular flexibility index (Phi) is 5.67. The van der Waals surface area contributed by atoms with Gasteiger partial charge in [0.2, 0.25) is 5.91 Å². The highest BCUT2D eigenvalue weighted by Gasteiger charge is 2.42. The molecule has 0 aliphatic carbocycles. The molecule has 2 aliphatic heterocycles. The largest absolute Gasteiger partial charge is 0.495 e. The summed E-state index contributed by atoms with van der Waals surface area (Å²) in [5, 5.41) is 0. The Morgan fingerprint density at radius 2 is 1.88 bits per heavy atom. The summed E-state index contributed by atoms with van der Waals surface area (Å²) in [5.74, 6) is -3.48. The molecule has 0 N–H and O–H groups in total. The number of methoxy groups -OCH3 is 1. The van der Waals surface area contributed by atoms with Crippen molar-refractivity contribution in [2.45, 2.75) is 38.1 Å². The first-order valence-electron chi connectivity index (χ1n) is 11.2. The van der Waals surface area contributed by atoms with Gasteiger partial charge in [-0.25, -0.2) is 18.2 Å². The maximum atomic E-state index is 13.8. The van der Waals surface area contributed by atoms with Crippen molar-refractivity contribution in [1.29, 1.82) is 0 Å². The predicted octanol–water partition coefficient (Wildman–Crippen LogP) is 5.17. The van der Waals surface area contributed by atoms with Crippen molar-refractivity contribution in [1.82, 2.24) is 14.5 Å². The topological polar surface area (TPSA) is 47.4 Å². The molecule has 2 aromatic carbocycles. The van der Waals surface area contributed by atoms with E-state index in [4.69, 9.17) is 4.74 Å². The Morgan fingerprint density at radius 1 is 1.12 bits per heavy atom. The second kappa shape index (κ2) is 8.66. The number of ether oxygens (including phenoxy) is 1. The van der Waals surface area contributed by atoms with Gasteiger partial charge in [-0.1, -0.05) is 6.07 Å². The van der Waals surface area contributed by atoms with E-state index in [1.165, 1.54) is 0 Å². The molecule has 2 fully saturated rings. The van der Waals surface area contributed by atoms with Crippen molar-refractivity contribution >= 4 is 12.0 Å². The molecule has 34 heavy (non-hydrogen) atoms. The number of carbonyl (C=O) groups is 1. The summed E-state index contributed by atoms with van der Waals surface area (Å²) in [6.07, 6.45) is 7.30. The van der Waals surface area contributed by atoms with Crippen LogP contribution in [0.3, 0.4) is 0 Å². The molecule has 0 unspecified atom stereocenters. The zero-order valence-electron chi connectivity index (χ0n) is 18.9. The number of rotatable bonds is 4. The van der Waals surface area contributed by atoms with E-state index in [2.05, 4.69) is 4.98 Å². The lowest BCUT2D eigenvalue weighted by Gasteiger charge is -2.34. The average Bonchev–Trinajstić information content (AvgIpc) is 3.45. The van der Waals surface area contributed by atoms with Crippen LogP contribution < -0.4 is 4.74 Å². The first-order chi connectivity index (χ1) is 16.4. The molecular weight excluding hydrogens is 443 g/mol. The molecule has 1 aromatic heterocycles. The van der Waals surface area contributed by atoms with E-state index in [1.807, 2.05) is 42.0 Å². The lowest BCUT2D eigenvalue weighted by Crippen LogP contribution is -2.42. The Morgan fingerprint density at radius 3 is 2.56 bits per heavy atom. The summed E-state index contributed by atoms with van der Waals surface area (Å²) in [7, 11) is 1.60. The SMILES string of the molecule is COc1cc(/C=C2\CC[C@@H]3[C@@H](c4cc(F)c(F)c(F)c4)CCN3C2=O)ccc1-n1cnc(C)c1. The minimum atomic E-state index is -1.46. The Bertz CT molecular complexity index is 1280. The molecule has 3 heterocycles. The number of piperidine rings is 1. The predicted molar refractivity (Wildman–Crippen MR) is 121 cm³/mol. The van der Waals surface area contributed by atoms with Crippen molar-refractivity contribution in [2.24, 2.45) is 0 Å². The lowest BCUT2D eigenvalue weighted by molar-refractivity contribution is -0.129. The number of hydrogen-bond acceptors (Lipinski definition) is 3. The third-order valence-electron chi connectivity index (χ3n) is 6.76. The van der Waals surface area contributed by atoms with Crippen LogP contribution in [0.4, 0.5) is 13.2 Å². The van der Waals surface area contributed by atoms with Gasteiger partial charge in [0, 0.05) is 30.3 Å². The minimum absolute atomic E-state index is 0.0740. The van der Waals surface area contributed by atoms with Crippen LogP contribution in [-0.2, 0) is 4.79 Å². The normalized spacial score (nSPS) is 21.3. The molecule has 5 rings (SSSR count). The first kappa shape index (κ1) is 22.3. The molecule has 0 radical (unpaired) electrons. The van der Waals surface area contributed by atoms with E-state index in [-0.39, 0.29) is 17.9 Å². The van der Waals surface area contributed by atoms with Gasteiger partial charge in [-0.05, 0) is 67.7 Å². The number of fused-ring (bicyclic) bond motifs is 1. The smallest absolute Gasteiger partial charge is 0.250 e. The van der Waals surface area contributed by atoms with E-state index < -0.39 is 17.5 Å². The Labute approximate surface area is 195 Å². The highest BCUT2D eigenvalue weighted by molar-refractivity contribution is 5.99. The summed E-state index contributed by atoms with van der Waals surface area (Å²) >= 11 is 0. The number of aryl methyl sites for hydroxylation is 1. The number of imidazole rings is 1. The molecule has 0 spiro atoms. The van der Waals surface area contributed by atoms with Gasteiger partial charge < -0.3 is 14.2 Å². The van der Waals surface area contributed by atoms with E-state index in [9.17, 15) is 18.0 Å². The van der Waals surface area contributed by atoms with Crippen LogP contribution in [0.5, 0.6) is 5.75 Å². The molecular formula is C26H24F3N3O2. The number of halogens is 3. The van der Waals surface area contributed by atoms with E-state index in [1.54, 1.807) is 18.3 Å². The molecule has 1 amide bonds. The summed E-state index contributed by atoms with van der Waals surface area (Å²) in [6.45, 7) is 2.41. The van der Waals surface area contributed by atoms with Gasteiger partial charge in [-0.2, -0.15) is 0 Å². The third-order valence-corrected chi connectivity index (χ3v) is 6.76. The first-order valence-corrected chi connectivity index (χ1v) is 11.2. The number of nitrogens with zero attached hydrogens (tertiary/aromatic N) is 3. The van der Waals surface area contributed by atoms with E-state index in [0.29, 0.717) is 42.7 Å². The number of carbonyl (C=O) groups excluding carboxylic acids is 1. The minimum Gasteiger partial charge on any atom is -0.495 e. The van der Waals surface area contributed by atoms with Crippen LogP contribution >= 0.6 is 0 Å². The Balaban J connectivity index is 1.38. The molecule has 0 bridgehead atoms. The summed E-state index contributed by atoms with van der Waals surface area (Å²) in [5.41, 5.74) is 3.67. The zero-order valence-corrected chi connectivity index (χ0v) is 18.9. The highest BCUT2D eigenvalue weighted by Crippen LogP contribution is 2.41. The van der Waals surface area contributed by atoms with Crippen LogP contribution in [0.15, 0.2) is 48.4 Å². The van der Waals surface area contributed by atoms with Gasteiger partial charge >= 0.3 is 0 Å². The average molecular weight is 467 g/mol. The standard InChI is InChI=1S/C26H24F3N3O2/c1-15-13-31(14-30-15)23-5-3-16(10-24(23)34-2)9-17-4-6-22-19(7-8-32(22)26(17)33)18-11-20(27)25(29)21(28)12-18/h3,5,9-14,19,22H,4,6-8H2,1-2H3/b17-9+/t19-,22-/m1/s1. The van der Waals surface area contributed by atoms with Gasteiger partial charge in [0.15, 0.2) is 17.5 Å². The number of hydrogen-bond donors (Lipinski definition) is 0. The maximum absolute atomic E-state index is 13.8. The fourth-order valence-corrected chi connectivity index (χ4v) is 5.12. The van der Waals surface area contributed by atoms with Crippen molar-refractivity contribution < 1.29 is 22.7 Å². The van der Waals surface area contributed by atoms with Crippen molar-refractivity contribution in [3.63, 3.8) is 0 Å². The quantitative estimate of drug-likeness (QED) is 0.393. The molecule has 0 saturated carbocycles. The Hall–Kier alpha value is -3.55. The van der Waals surface area contributed by atoms with Crippen LogP contribution in [-0.4, -0.2) is 40.1 Å². The fourth-order valence-electron chi connectivity index (χ4n) is 5.12. The molecule has 3 aromatic rings. The van der Waals surface area contributed by atoms with Crippen molar-refractivity contribution in [2.75, 3.05) is 13.7 Å². The molecule has 8 heteroatoms. The van der Waals surface area contributed by atoms with Gasteiger partial charge in [0.25, 0.3) is 0 Å². The zero-order chi connectivity index (χ0) is 24.0. The fraction of sp³-hybridized carbons (Fsp3) is 0.308. The van der Waals surface area contributed by atoms with Gasteiger partial charge in [0.05, 0.1) is 24.8 Å². The van der Waals surface area contributed by atoms with Crippen molar-refractivity contribution in [3.05, 3.63) is 82.7 Å². The maximum Gasteiger partial charge on any atom is 0.250 e. The summed E-state index contributed by atoms with van der Waals surface area (Å²) in [4.78, 5) is 19.3. The molecule has 5 nitrogen and oxygen atoms in total. The molecule has 2 saturated heterocycles. The summed E-state index contributed by atoms with van der Waals surface area (Å²) in [6, 6.07) is 7.68. The number of amides is 1. The van der Waals surface area contributed by atoms with Crippen LogP contribution in [0.2, 0.25) is 0 Å². The van der Waals surface area contributed by atoms with Gasteiger partial charge in [-0.15, -0.1) is 0 Å². The number of aromatic nitrogens is 2. The van der Waals surface area contributed by atoms with E-state index in [0.717, 1.165) is 29.1 Å². The van der Waals surface area contributed by atoms with E-state index >= 15 is 0 Å². The van der Waals surface area contributed by atoms with Crippen LogP contribution in [0.25, 0.3) is 11.8 Å². The molecule has 2 atom stereocenters. The van der Waals surface area contributed by atoms with Gasteiger partial charge in [-0.3, -0.25) is 4.79 Å². The second-order valence-electron chi connectivity index (χ2n) is 8.82. The molecule has 176 valence electrons. The number of benzene rings is 2. The highest BCUT2D eigenvalue weighted by atomic mass is 19.2. The summed E-state index contributed by atoms with van der Waals surface area (Å²) < 4.78 is 48.4. The van der Waals surface area contributed by atoms with Crippen molar-refractivity contribution in [3.8, 4) is 11.4 Å². The molecule has 2 aliphatic rings. The van der Waals surface area contributed by atoms with Crippen LogP contribution in [0.1, 0.15) is 42.0 Å². The second-order valence-corrected chi connectivity index (χ2v) is 8.82. The lowest BCUT2D eigenvalue weighted by atomic mass is 9.85.